The summed E-state index contributed by atoms with van der Waals surface area (Å²) in [5, 5.41) is 0.202. The first kappa shape index (κ1) is 16.3. The number of aromatic nitrogens is 2. The highest BCUT2D eigenvalue weighted by Crippen LogP contribution is 2.35. The van der Waals surface area contributed by atoms with E-state index in [0.717, 1.165) is 18.1 Å². The number of rotatable bonds is 2. The van der Waals surface area contributed by atoms with Crippen LogP contribution in [0.5, 0.6) is 0 Å². The molecule has 0 N–H and O–H groups in total. The van der Waals surface area contributed by atoms with Crippen molar-refractivity contribution < 1.29 is 14.3 Å². The van der Waals surface area contributed by atoms with Gasteiger partial charge in [0.1, 0.15) is 12.1 Å². The SMILES string of the molecule is CC(C)(C)OC(=O)CN1CC2COCCN2c2nc(Cl)ncc21. The molecule has 1 aromatic rings. The molecule has 1 aromatic heterocycles. The highest BCUT2D eigenvalue weighted by molar-refractivity contribution is 6.28. The molecule has 0 aromatic carbocycles. The van der Waals surface area contributed by atoms with Gasteiger partial charge < -0.3 is 19.3 Å². The molecule has 23 heavy (non-hydrogen) atoms. The van der Waals surface area contributed by atoms with Gasteiger partial charge in [-0.15, -0.1) is 0 Å². The van der Waals surface area contributed by atoms with Crippen LogP contribution in [0.1, 0.15) is 20.8 Å². The lowest BCUT2D eigenvalue weighted by Crippen LogP contribution is -2.56. The largest absolute Gasteiger partial charge is 0.459 e. The summed E-state index contributed by atoms with van der Waals surface area (Å²) < 4.78 is 11.0. The molecular formula is C15H21ClN4O3. The van der Waals surface area contributed by atoms with Gasteiger partial charge in [-0.1, -0.05) is 0 Å². The highest BCUT2D eigenvalue weighted by Gasteiger charge is 2.35. The first-order valence-electron chi connectivity index (χ1n) is 7.67. The predicted octanol–water partition coefficient (Wildman–Crippen LogP) is 1.50. The predicted molar refractivity (Wildman–Crippen MR) is 87.1 cm³/mol. The highest BCUT2D eigenvalue weighted by atomic mass is 35.5. The van der Waals surface area contributed by atoms with Crippen LogP contribution in [0, 0.1) is 0 Å². The molecule has 0 aliphatic carbocycles. The van der Waals surface area contributed by atoms with Crippen molar-refractivity contribution in [2.45, 2.75) is 32.4 Å². The minimum Gasteiger partial charge on any atom is -0.459 e. The van der Waals surface area contributed by atoms with Crippen molar-refractivity contribution in [3.8, 4) is 0 Å². The third-order valence-electron chi connectivity index (χ3n) is 3.73. The molecule has 0 saturated carbocycles. The molecule has 2 aliphatic rings. The molecule has 8 heteroatoms. The maximum Gasteiger partial charge on any atom is 0.326 e. The van der Waals surface area contributed by atoms with E-state index in [4.69, 9.17) is 21.1 Å². The maximum atomic E-state index is 12.2. The van der Waals surface area contributed by atoms with Crippen LogP contribution in [0.4, 0.5) is 11.5 Å². The number of carbonyl (C=O) groups excluding carboxylic acids is 1. The number of hydrogen-bond acceptors (Lipinski definition) is 7. The smallest absolute Gasteiger partial charge is 0.326 e. The number of nitrogens with zero attached hydrogens (tertiary/aromatic N) is 4. The fraction of sp³-hybridized carbons (Fsp3) is 0.667. The van der Waals surface area contributed by atoms with Gasteiger partial charge >= 0.3 is 5.97 Å². The fourth-order valence-corrected chi connectivity index (χ4v) is 3.03. The van der Waals surface area contributed by atoms with E-state index in [9.17, 15) is 4.79 Å². The summed E-state index contributed by atoms with van der Waals surface area (Å²) in [6.45, 7) is 8.40. The Labute approximate surface area is 140 Å². The number of halogens is 1. The molecule has 0 radical (unpaired) electrons. The molecule has 0 amide bonds. The lowest BCUT2D eigenvalue weighted by atomic mass is 10.1. The molecule has 0 bridgehead atoms. The number of anilines is 2. The summed E-state index contributed by atoms with van der Waals surface area (Å²) in [7, 11) is 0. The minimum atomic E-state index is -0.508. The van der Waals surface area contributed by atoms with Gasteiger partial charge in [-0.25, -0.2) is 4.98 Å². The van der Waals surface area contributed by atoms with Crippen molar-refractivity contribution in [1.29, 1.82) is 0 Å². The fourth-order valence-electron chi connectivity index (χ4n) is 2.90. The van der Waals surface area contributed by atoms with Crippen LogP contribution >= 0.6 is 11.6 Å². The van der Waals surface area contributed by atoms with Gasteiger partial charge in [-0.05, 0) is 32.4 Å². The molecule has 1 saturated heterocycles. The van der Waals surface area contributed by atoms with Crippen LogP contribution in [0.3, 0.4) is 0 Å². The molecule has 1 unspecified atom stereocenters. The van der Waals surface area contributed by atoms with E-state index >= 15 is 0 Å². The van der Waals surface area contributed by atoms with Gasteiger partial charge in [0.25, 0.3) is 0 Å². The van der Waals surface area contributed by atoms with Crippen LogP contribution in [-0.4, -0.2) is 60.4 Å². The van der Waals surface area contributed by atoms with Crippen LogP contribution in [0.2, 0.25) is 5.28 Å². The molecule has 3 heterocycles. The van der Waals surface area contributed by atoms with Crippen LogP contribution in [0.25, 0.3) is 0 Å². The second kappa shape index (κ2) is 6.13. The van der Waals surface area contributed by atoms with Gasteiger partial charge in [0.15, 0.2) is 5.82 Å². The van der Waals surface area contributed by atoms with Gasteiger partial charge in [0.05, 0.1) is 31.1 Å². The van der Waals surface area contributed by atoms with Gasteiger partial charge in [0, 0.05) is 13.1 Å². The monoisotopic (exact) mass is 340 g/mol. The Bertz CT molecular complexity index is 605. The third-order valence-corrected chi connectivity index (χ3v) is 3.91. The zero-order valence-corrected chi connectivity index (χ0v) is 14.3. The summed E-state index contributed by atoms with van der Waals surface area (Å²) in [6.07, 6.45) is 1.67. The Kier molecular flexibility index (Phi) is 4.33. The normalized spacial score (nSPS) is 20.8. The first-order valence-corrected chi connectivity index (χ1v) is 8.05. The molecule has 7 nitrogen and oxygen atoms in total. The van der Waals surface area contributed by atoms with E-state index in [0.29, 0.717) is 19.8 Å². The standard InChI is InChI=1S/C15H21ClN4O3/c1-15(2,3)23-12(21)8-19-7-10-9-22-5-4-20(10)13-11(19)6-17-14(16)18-13/h6,10H,4-5,7-9H2,1-3H3. The van der Waals surface area contributed by atoms with E-state index in [2.05, 4.69) is 14.9 Å². The zero-order valence-electron chi connectivity index (χ0n) is 13.6. The van der Waals surface area contributed by atoms with Gasteiger partial charge in [-0.2, -0.15) is 4.98 Å². The van der Waals surface area contributed by atoms with E-state index in [-0.39, 0.29) is 23.8 Å². The Hall–Kier alpha value is -1.60. The Balaban J connectivity index is 1.85. The summed E-state index contributed by atoms with van der Waals surface area (Å²) >= 11 is 5.96. The van der Waals surface area contributed by atoms with Crippen LogP contribution in [-0.2, 0) is 14.3 Å². The van der Waals surface area contributed by atoms with Crippen molar-refractivity contribution in [3.05, 3.63) is 11.5 Å². The molecule has 2 aliphatic heterocycles. The second-order valence-corrected chi connectivity index (χ2v) is 7.08. The molecule has 1 atom stereocenters. The summed E-state index contributed by atoms with van der Waals surface area (Å²) in [5.41, 5.74) is 0.296. The molecule has 3 rings (SSSR count). The van der Waals surface area contributed by atoms with Gasteiger partial charge in [0.2, 0.25) is 5.28 Å². The van der Waals surface area contributed by atoms with Crippen molar-refractivity contribution in [2.75, 3.05) is 42.6 Å². The van der Waals surface area contributed by atoms with Crippen LogP contribution in [0.15, 0.2) is 6.20 Å². The number of esters is 1. The van der Waals surface area contributed by atoms with E-state index in [1.807, 2.05) is 25.7 Å². The van der Waals surface area contributed by atoms with E-state index < -0.39 is 5.60 Å². The number of fused-ring (bicyclic) bond motifs is 3. The molecule has 1 fully saturated rings. The number of hydrogen-bond donors (Lipinski definition) is 0. The quantitative estimate of drug-likeness (QED) is 0.597. The number of morpholine rings is 1. The first-order chi connectivity index (χ1) is 10.8. The lowest BCUT2D eigenvalue weighted by molar-refractivity contribution is -0.153. The number of carbonyl (C=O) groups is 1. The summed E-state index contributed by atoms with van der Waals surface area (Å²) in [5.74, 6) is 0.483. The molecular weight excluding hydrogens is 320 g/mol. The van der Waals surface area contributed by atoms with E-state index in [1.54, 1.807) is 6.20 Å². The van der Waals surface area contributed by atoms with Crippen molar-refractivity contribution in [3.63, 3.8) is 0 Å². The third kappa shape index (κ3) is 3.67. The summed E-state index contributed by atoms with van der Waals surface area (Å²) in [4.78, 5) is 24.7. The van der Waals surface area contributed by atoms with Crippen molar-refractivity contribution in [2.24, 2.45) is 0 Å². The maximum absolute atomic E-state index is 12.2. The van der Waals surface area contributed by atoms with E-state index in [1.165, 1.54) is 0 Å². The van der Waals surface area contributed by atoms with Crippen molar-refractivity contribution in [1.82, 2.24) is 9.97 Å². The molecule has 0 spiro atoms. The average Bonchev–Trinajstić information content (AvgIpc) is 2.45. The Morgan fingerprint density at radius 3 is 3.04 bits per heavy atom. The van der Waals surface area contributed by atoms with Crippen molar-refractivity contribution >= 4 is 29.1 Å². The summed E-state index contributed by atoms with van der Waals surface area (Å²) in [6, 6.07) is 0.143. The lowest BCUT2D eigenvalue weighted by Gasteiger charge is -2.45. The number of ether oxygens (including phenoxy) is 2. The van der Waals surface area contributed by atoms with Crippen LogP contribution < -0.4 is 9.80 Å². The topological polar surface area (TPSA) is 67.8 Å². The Morgan fingerprint density at radius 2 is 2.30 bits per heavy atom. The second-order valence-electron chi connectivity index (χ2n) is 6.74. The van der Waals surface area contributed by atoms with Gasteiger partial charge in [-0.3, -0.25) is 4.79 Å². The minimum absolute atomic E-state index is 0.143. The Morgan fingerprint density at radius 1 is 1.52 bits per heavy atom. The molecule has 126 valence electrons. The average molecular weight is 341 g/mol. The zero-order chi connectivity index (χ0) is 16.6.